The molecular weight excluding hydrogens is 280 g/mol. The van der Waals surface area contributed by atoms with Gasteiger partial charge in [0.05, 0.1) is 37.3 Å². The maximum Gasteiger partial charge on any atom is 0.151 e. The number of nitrogens with zero attached hydrogens (tertiary/aromatic N) is 4. The molecule has 2 aliphatic heterocycles. The van der Waals surface area contributed by atoms with E-state index in [1.165, 1.54) is 0 Å². The maximum absolute atomic E-state index is 5.96. The first kappa shape index (κ1) is 13.7. The Morgan fingerprint density at radius 3 is 2.95 bits per heavy atom. The summed E-state index contributed by atoms with van der Waals surface area (Å²) in [6, 6.07) is 8.36. The molecular formula is C16H20N4O2. The van der Waals surface area contributed by atoms with E-state index in [0.29, 0.717) is 6.04 Å². The Morgan fingerprint density at radius 1 is 1.23 bits per heavy atom. The Balaban J connectivity index is 1.50. The molecule has 0 bridgehead atoms. The molecule has 4 heterocycles. The highest BCUT2D eigenvalue weighted by Gasteiger charge is 2.40. The Hall–Kier alpha value is -1.92. The molecule has 0 saturated carbocycles. The standard InChI is InChI=1S/C16H20N4O2/c1-12-4-5-16(18-17-12)20-6-8-22-15-11-19(10-14(15)20)9-13-3-2-7-21-13/h2-5,7,14-15H,6,8-11H2,1H3/t14-,15+/m1/s1. The minimum atomic E-state index is 0.229. The first-order valence-electron chi connectivity index (χ1n) is 7.73. The van der Waals surface area contributed by atoms with Crippen molar-refractivity contribution >= 4 is 5.82 Å². The van der Waals surface area contributed by atoms with Gasteiger partial charge in [-0.3, -0.25) is 4.90 Å². The number of likely N-dealkylation sites (tertiary alicyclic amines) is 1. The summed E-state index contributed by atoms with van der Waals surface area (Å²) in [5.74, 6) is 1.95. The van der Waals surface area contributed by atoms with E-state index < -0.39 is 0 Å². The average Bonchev–Trinajstić information content (AvgIpc) is 3.17. The third kappa shape index (κ3) is 2.60. The average molecular weight is 300 g/mol. The monoisotopic (exact) mass is 300 g/mol. The fourth-order valence-corrected chi connectivity index (χ4v) is 3.35. The lowest BCUT2D eigenvalue weighted by atomic mass is 10.1. The molecule has 22 heavy (non-hydrogen) atoms. The van der Waals surface area contributed by atoms with Crippen LogP contribution < -0.4 is 4.90 Å². The molecule has 2 fully saturated rings. The van der Waals surface area contributed by atoms with Gasteiger partial charge in [-0.2, -0.15) is 5.10 Å². The predicted molar refractivity (Wildman–Crippen MR) is 81.6 cm³/mol. The fraction of sp³-hybridized carbons (Fsp3) is 0.500. The van der Waals surface area contributed by atoms with Crippen LogP contribution in [0.3, 0.4) is 0 Å². The SMILES string of the molecule is Cc1ccc(N2CCO[C@H]3CN(Cc4ccco4)C[C@H]32)nn1. The van der Waals surface area contributed by atoms with Crippen LogP contribution >= 0.6 is 0 Å². The van der Waals surface area contributed by atoms with Gasteiger partial charge in [0.1, 0.15) is 5.76 Å². The molecule has 2 aromatic heterocycles. The number of hydrogen-bond acceptors (Lipinski definition) is 6. The van der Waals surface area contributed by atoms with Crippen molar-refractivity contribution in [2.45, 2.75) is 25.6 Å². The second kappa shape index (κ2) is 5.70. The number of anilines is 1. The molecule has 2 aromatic rings. The van der Waals surface area contributed by atoms with Crippen molar-refractivity contribution in [3.63, 3.8) is 0 Å². The van der Waals surface area contributed by atoms with Crippen molar-refractivity contribution in [1.29, 1.82) is 0 Å². The number of aromatic nitrogens is 2. The van der Waals surface area contributed by atoms with Crippen LogP contribution in [0.1, 0.15) is 11.5 Å². The second-order valence-corrected chi connectivity index (χ2v) is 5.98. The summed E-state index contributed by atoms with van der Waals surface area (Å²) in [7, 11) is 0. The molecule has 0 radical (unpaired) electrons. The summed E-state index contributed by atoms with van der Waals surface area (Å²) in [6.45, 7) is 6.29. The van der Waals surface area contributed by atoms with Gasteiger partial charge in [0.25, 0.3) is 0 Å². The van der Waals surface area contributed by atoms with Crippen molar-refractivity contribution in [3.05, 3.63) is 42.0 Å². The summed E-state index contributed by atoms with van der Waals surface area (Å²) >= 11 is 0. The van der Waals surface area contributed by atoms with E-state index in [1.54, 1.807) is 6.26 Å². The highest BCUT2D eigenvalue weighted by Crippen LogP contribution is 2.27. The van der Waals surface area contributed by atoms with Crippen molar-refractivity contribution < 1.29 is 9.15 Å². The molecule has 2 saturated heterocycles. The first-order valence-corrected chi connectivity index (χ1v) is 7.73. The zero-order chi connectivity index (χ0) is 14.9. The Bertz CT molecular complexity index is 614. The predicted octanol–water partition coefficient (Wildman–Crippen LogP) is 1.47. The highest BCUT2D eigenvalue weighted by molar-refractivity contribution is 5.40. The van der Waals surface area contributed by atoms with Crippen LogP contribution in [-0.2, 0) is 11.3 Å². The maximum atomic E-state index is 5.96. The number of morpholine rings is 1. The van der Waals surface area contributed by atoms with E-state index in [4.69, 9.17) is 9.15 Å². The van der Waals surface area contributed by atoms with Gasteiger partial charge in [-0.15, -0.1) is 5.10 Å². The van der Waals surface area contributed by atoms with Crippen molar-refractivity contribution in [2.24, 2.45) is 0 Å². The van der Waals surface area contributed by atoms with Crippen LogP contribution in [0.2, 0.25) is 0 Å². The number of fused-ring (bicyclic) bond motifs is 1. The van der Waals surface area contributed by atoms with Crippen molar-refractivity contribution in [1.82, 2.24) is 15.1 Å². The Labute approximate surface area is 129 Å². The zero-order valence-corrected chi connectivity index (χ0v) is 12.7. The third-order valence-corrected chi connectivity index (χ3v) is 4.41. The number of hydrogen-bond donors (Lipinski definition) is 0. The molecule has 0 aromatic carbocycles. The molecule has 0 amide bonds. The van der Waals surface area contributed by atoms with Crippen LogP contribution in [0.4, 0.5) is 5.82 Å². The van der Waals surface area contributed by atoms with Crippen molar-refractivity contribution in [2.75, 3.05) is 31.1 Å². The molecule has 4 rings (SSSR count). The highest BCUT2D eigenvalue weighted by atomic mass is 16.5. The van der Waals surface area contributed by atoms with Crippen LogP contribution in [-0.4, -0.2) is 53.5 Å². The van der Waals surface area contributed by atoms with Gasteiger partial charge in [-0.05, 0) is 31.2 Å². The van der Waals surface area contributed by atoms with Gasteiger partial charge in [0, 0.05) is 19.6 Å². The van der Waals surface area contributed by atoms with E-state index >= 15 is 0 Å². The molecule has 116 valence electrons. The molecule has 2 aliphatic rings. The number of ether oxygens (including phenoxy) is 1. The summed E-state index contributed by atoms with van der Waals surface area (Å²) < 4.78 is 11.4. The minimum Gasteiger partial charge on any atom is -0.468 e. The smallest absolute Gasteiger partial charge is 0.151 e. The molecule has 0 aliphatic carbocycles. The topological polar surface area (TPSA) is 54.6 Å². The molecule has 0 N–H and O–H groups in total. The number of furan rings is 1. The lowest BCUT2D eigenvalue weighted by Gasteiger charge is -2.37. The minimum absolute atomic E-state index is 0.229. The van der Waals surface area contributed by atoms with E-state index in [9.17, 15) is 0 Å². The third-order valence-electron chi connectivity index (χ3n) is 4.41. The zero-order valence-electron chi connectivity index (χ0n) is 12.7. The van der Waals surface area contributed by atoms with Gasteiger partial charge in [-0.1, -0.05) is 0 Å². The first-order chi connectivity index (χ1) is 10.8. The quantitative estimate of drug-likeness (QED) is 0.855. The lowest BCUT2D eigenvalue weighted by Crippen LogP contribution is -2.51. The summed E-state index contributed by atoms with van der Waals surface area (Å²) in [5.41, 5.74) is 0.944. The molecule has 2 atom stereocenters. The Kier molecular flexibility index (Phi) is 3.56. The largest absolute Gasteiger partial charge is 0.468 e. The van der Waals surface area contributed by atoms with E-state index in [2.05, 4.69) is 26.1 Å². The number of aryl methyl sites for hydroxylation is 1. The molecule has 0 unspecified atom stereocenters. The van der Waals surface area contributed by atoms with E-state index in [0.717, 1.165) is 50.1 Å². The van der Waals surface area contributed by atoms with E-state index in [-0.39, 0.29) is 6.10 Å². The van der Waals surface area contributed by atoms with Gasteiger partial charge < -0.3 is 14.1 Å². The summed E-state index contributed by atoms with van der Waals surface area (Å²) in [6.07, 6.45) is 1.95. The Morgan fingerprint density at radius 2 is 2.18 bits per heavy atom. The van der Waals surface area contributed by atoms with Crippen LogP contribution in [0.5, 0.6) is 0 Å². The normalized spacial score (nSPS) is 25.4. The van der Waals surface area contributed by atoms with Gasteiger partial charge in [-0.25, -0.2) is 0 Å². The van der Waals surface area contributed by atoms with Crippen molar-refractivity contribution in [3.8, 4) is 0 Å². The van der Waals surface area contributed by atoms with E-state index in [1.807, 2.05) is 25.1 Å². The lowest BCUT2D eigenvalue weighted by molar-refractivity contribution is 0.0301. The number of rotatable bonds is 3. The second-order valence-electron chi connectivity index (χ2n) is 5.98. The van der Waals surface area contributed by atoms with Crippen LogP contribution in [0.15, 0.2) is 34.9 Å². The van der Waals surface area contributed by atoms with Crippen LogP contribution in [0, 0.1) is 6.92 Å². The molecule has 6 heteroatoms. The van der Waals surface area contributed by atoms with Gasteiger partial charge in [0.15, 0.2) is 5.82 Å². The summed E-state index contributed by atoms with van der Waals surface area (Å²) in [4.78, 5) is 4.72. The van der Waals surface area contributed by atoms with Gasteiger partial charge >= 0.3 is 0 Å². The van der Waals surface area contributed by atoms with Crippen LogP contribution in [0.25, 0.3) is 0 Å². The molecule has 6 nitrogen and oxygen atoms in total. The molecule has 0 spiro atoms. The summed E-state index contributed by atoms with van der Waals surface area (Å²) in [5, 5.41) is 8.53. The fourth-order valence-electron chi connectivity index (χ4n) is 3.35. The van der Waals surface area contributed by atoms with Gasteiger partial charge in [0.2, 0.25) is 0 Å².